The summed E-state index contributed by atoms with van der Waals surface area (Å²) in [5, 5.41) is 2.85. The molecule has 1 amide bonds. The van der Waals surface area contributed by atoms with Crippen LogP contribution < -0.4 is 5.32 Å². The molecule has 0 aliphatic heterocycles. The Morgan fingerprint density at radius 3 is 2.42 bits per heavy atom. The van der Waals surface area contributed by atoms with Gasteiger partial charge in [-0.15, -0.1) is 13.2 Å². The maximum atomic E-state index is 13.3. The quantitative estimate of drug-likeness (QED) is 0.593. The second-order valence-electron chi connectivity index (χ2n) is 7.10. The molecule has 0 aliphatic rings. The van der Waals surface area contributed by atoms with Crippen LogP contribution in [0.1, 0.15) is 39.2 Å². The highest BCUT2D eigenvalue weighted by Gasteiger charge is 2.30. The second kappa shape index (κ2) is 11.1. The van der Waals surface area contributed by atoms with Crippen molar-refractivity contribution in [2.75, 3.05) is 13.1 Å². The van der Waals surface area contributed by atoms with Crippen LogP contribution in [0.25, 0.3) is 0 Å². The van der Waals surface area contributed by atoms with Crippen molar-refractivity contribution >= 4 is 16.9 Å². The van der Waals surface area contributed by atoms with Crippen LogP contribution in [0.15, 0.2) is 54.0 Å². The first-order chi connectivity index (χ1) is 12.3. The molecular formula is C21H32N2O2S. The number of hydrogen-bond donors (Lipinski definition) is 1. The van der Waals surface area contributed by atoms with Gasteiger partial charge in [0.1, 0.15) is 17.0 Å². The molecule has 1 rings (SSSR count). The maximum Gasteiger partial charge on any atom is 0.238 e. The summed E-state index contributed by atoms with van der Waals surface area (Å²) in [5.74, 6) is 0.311. The fourth-order valence-electron chi connectivity index (χ4n) is 2.48. The SMILES string of the molecule is C=CCNC(=O)[C@H](CC(=C)C)N(CCC(C)C)S(=O)c1ccc(C)cc1. The molecule has 0 saturated heterocycles. The molecule has 0 saturated carbocycles. The van der Waals surface area contributed by atoms with Crippen LogP contribution in [0, 0.1) is 12.8 Å². The molecule has 26 heavy (non-hydrogen) atoms. The zero-order valence-corrected chi connectivity index (χ0v) is 17.3. The van der Waals surface area contributed by atoms with Crippen molar-refractivity contribution in [1.82, 2.24) is 9.62 Å². The summed E-state index contributed by atoms with van der Waals surface area (Å²) in [6, 6.07) is 7.10. The van der Waals surface area contributed by atoms with Gasteiger partial charge in [0, 0.05) is 13.1 Å². The average molecular weight is 377 g/mol. The van der Waals surface area contributed by atoms with Gasteiger partial charge >= 0.3 is 0 Å². The van der Waals surface area contributed by atoms with Crippen LogP contribution in [0.2, 0.25) is 0 Å². The molecule has 1 N–H and O–H groups in total. The van der Waals surface area contributed by atoms with Crippen LogP contribution in [0.3, 0.4) is 0 Å². The van der Waals surface area contributed by atoms with Gasteiger partial charge in [0.25, 0.3) is 0 Å². The normalized spacial score (nSPS) is 13.5. The van der Waals surface area contributed by atoms with Gasteiger partial charge in [0.05, 0.1) is 4.90 Å². The molecule has 2 atom stereocenters. The lowest BCUT2D eigenvalue weighted by Gasteiger charge is -2.30. The van der Waals surface area contributed by atoms with Crippen LogP contribution >= 0.6 is 0 Å². The molecule has 0 spiro atoms. The Labute approximate surface area is 161 Å². The van der Waals surface area contributed by atoms with Gasteiger partial charge in [-0.2, -0.15) is 0 Å². The van der Waals surface area contributed by atoms with Crippen molar-refractivity contribution < 1.29 is 9.00 Å². The Kier molecular flexibility index (Phi) is 9.52. The molecule has 1 unspecified atom stereocenters. The fraction of sp³-hybridized carbons (Fsp3) is 0.476. The van der Waals surface area contributed by atoms with E-state index in [1.165, 1.54) is 0 Å². The van der Waals surface area contributed by atoms with Crippen molar-refractivity contribution in [2.45, 2.75) is 51.5 Å². The third-order valence-corrected chi connectivity index (χ3v) is 5.51. The van der Waals surface area contributed by atoms with E-state index in [1.807, 2.05) is 38.1 Å². The maximum absolute atomic E-state index is 13.3. The number of hydrogen-bond acceptors (Lipinski definition) is 2. The Balaban J connectivity index is 3.17. The highest BCUT2D eigenvalue weighted by molar-refractivity contribution is 7.82. The van der Waals surface area contributed by atoms with E-state index >= 15 is 0 Å². The Hall–Kier alpha value is -1.72. The number of nitrogens with one attached hydrogen (secondary N) is 1. The molecule has 0 heterocycles. The number of nitrogens with zero attached hydrogens (tertiary/aromatic N) is 1. The molecule has 4 nitrogen and oxygen atoms in total. The first-order valence-corrected chi connectivity index (χ1v) is 10.1. The summed E-state index contributed by atoms with van der Waals surface area (Å²) in [4.78, 5) is 13.4. The van der Waals surface area contributed by atoms with E-state index < -0.39 is 17.0 Å². The topological polar surface area (TPSA) is 49.4 Å². The third kappa shape index (κ3) is 7.26. The number of benzene rings is 1. The van der Waals surface area contributed by atoms with Crippen LogP contribution in [-0.2, 0) is 15.8 Å². The molecule has 0 aliphatic carbocycles. The van der Waals surface area contributed by atoms with Crippen LogP contribution in [0.4, 0.5) is 0 Å². The van der Waals surface area contributed by atoms with E-state index in [0.29, 0.717) is 30.3 Å². The lowest BCUT2D eigenvalue weighted by Crippen LogP contribution is -2.48. The minimum atomic E-state index is -1.41. The van der Waals surface area contributed by atoms with E-state index in [9.17, 15) is 9.00 Å². The third-order valence-electron chi connectivity index (χ3n) is 3.98. The Morgan fingerprint density at radius 2 is 1.92 bits per heavy atom. The van der Waals surface area contributed by atoms with E-state index in [-0.39, 0.29) is 5.91 Å². The average Bonchev–Trinajstić information content (AvgIpc) is 2.58. The number of carbonyl (C=O) groups excluding carboxylic acids is 1. The number of aryl methyl sites for hydroxylation is 1. The zero-order valence-electron chi connectivity index (χ0n) is 16.5. The summed E-state index contributed by atoms with van der Waals surface area (Å²) < 4.78 is 15.1. The molecular weight excluding hydrogens is 344 g/mol. The van der Waals surface area contributed by atoms with Crippen molar-refractivity contribution in [3.8, 4) is 0 Å². The highest BCUT2D eigenvalue weighted by atomic mass is 32.2. The van der Waals surface area contributed by atoms with Gasteiger partial charge in [0.15, 0.2) is 0 Å². The molecule has 1 aromatic carbocycles. The van der Waals surface area contributed by atoms with Gasteiger partial charge < -0.3 is 5.32 Å². The first-order valence-electron chi connectivity index (χ1n) is 9.04. The molecule has 5 heteroatoms. The van der Waals surface area contributed by atoms with Gasteiger partial charge in [-0.05, 0) is 44.7 Å². The standard InChI is InChI=1S/C21H32N2O2S/c1-7-13-22-21(24)20(15-17(4)5)23(14-12-16(2)3)26(25)19-10-8-18(6)9-11-19/h7-11,16,20H,1,4,12-15H2,2-3,5-6H3,(H,22,24)/t20-,26?/m0/s1. The van der Waals surface area contributed by atoms with Gasteiger partial charge in [0.2, 0.25) is 5.91 Å². The lowest BCUT2D eigenvalue weighted by molar-refractivity contribution is -0.124. The first kappa shape index (κ1) is 22.3. The number of rotatable bonds is 11. The summed E-state index contributed by atoms with van der Waals surface area (Å²) in [6.07, 6.45) is 2.98. The minimum Gasteiger partial charge on any atom is -0.351 e. The molecule has 0 radical (unpaired) electrons. The summed E-state index contributed by atoms with van der Waals surface area (Å²) in [5.41, 5.74) is 2.00. The number of carbonyl (C=O) groups is 1. The van der Waals surface area contributed by atoms with E-state index in [0.717, 1.165) is 17.6 Å². The Bertz CT molecular complexity index is 638. The molecule has 144 valence electrons. The molecule has 0 aromatic heterocycles. The monoisotopic (exact) mass is 376 g/mol. The second-order valence-corrected chi connectivity index (χ2v) is 8.54. The van der Waals surface area contributed by atoms with E-state index in [4.69, 9.17) is 0 Å². The van der Waals surface area contributed by atoms with Gasteiger partial charge in [-0.25, -0.2) is 8.51 Å². The fourth-order valence-corrected chi connectivity index (χ4v) is 3.79. The number of amides is 1. The van der Waals surface area contributed by atoms with Crippen LogP contribution in [-0.4, -0.2) is 33.6 Å². The van der Waals surface area contributed by atoms with Crippen molar-refractivity contribution in [1.29, 1.82) is 0 Å². The van der Waals surface area contributed by atoms with Crippen molar-refractivity contribution in [3.05, 3.63) is 54.6 Å². The lowest BCUT2D eigenvalue weighted by atomic mass is 10.1. The smallest absolute Gasteiger partial charge is 0.238 e. The van der Waals surface area contributed by atoms with Crippen molar-refractivity contribution in [2.24, 2.45) is 5.92 Å². The predicted molar refractivity (Wildman–Crippen MR) is 110 cm³/mol. The molecule has 0 bridgehead atoms. The zero-order chi connectivity index (χ0) is 19.7. The Morgan fingerprint density at radius 1 is 1.31 bits per heavy atom. The summed E-state index contributed by atoms with van der Waals surface area (Å²) in [6.45, 7) is 16.7. The van der Waals surface area contributed by atoms with Crippen molar-refractivity contribution in [3.63, 3.8) is 0 Å². The van der Waals surface area contributed by atoms with Crippen LogP contribution in [0.5, 0.6) is 0 Å². The molecule has 1 aromatic rings. The van der Waals surface area contributed by atoms with E-state index in [1.54, 1.807) is 10.4 Å². The minimum absolute atomic E-state index is 0.142. The predicted octanol–water partition coefficient (Wildman–Crippen LogP) is 4.00. The summed E-state index contributed by atoms with van der Waals surface area (Å²) in [7, 11) is -1.41. The van der Waals surface area contributed by atoms with E-state index in [2.05, 4.69) is 32.3 Å². The largest absolute Gasteiger partial charge is 0.351 e. The van der Waals surface area contributed by atoms with Gasteiger partial charge in [-0.3, -0.25) is 4.79 Å². The van der Waals surface area contributed by atoms with Gasteiger partial charge in [-0.1, -0.05) is 43.2 Å². The summed E-state index contributed by atoms with van der Waals surface area (Å²) >= 11 is 0. The molecule has 0 fully saturated rings. The highest BCUT2D eigenvalue weighted by Crippen LogP contribution is 2.20.